The van der Waals surface area contributed by atoms with Gasteiger partial charge < -0.3 is 109 Å². The number of unbranched alkanes of at least 4 members (excludes halogenated alkanes) is 1. The highest BCUT2D eigenvalue weighted by atomic mass is 32.1. The zero-order chi connectivity index (χ0) is 80.2. The first-order chi connectivity index (χ1) is 52.1. The lowest BCUT2D eigenvalue weighted by Gasteiger charge is -2.36. The number of para-hydroxylation sites is 1. The Hall–Kier alpha value is -8.31. The maximum absolute atomic E-state index is 14.8. The zero-order valence-electron chi connectivity index (χ0n) is 61.2. The molecule has 604 valence electrons. The molecular weight excluding hydrogens is 1530 g/mol. The molecule has 2 fully saturated rings. The van der Waals surface area contributed by atoms with Crippen LogP contribution in [-0.2, 0) is 82.0 Å². The number of aromatic amines is 2. The lowest BCUT2D eigenvalue weighted by Crippen LogP contribution is -2.60. The van der Waals surface area contributed by atoms with Gasteiger partial charge in [-0.2, -0.15) is 0 Å². The Kier molecular flexibility index (Phi) is 34.7. The summed E-state index contributed by atoms with van der Waals surface area (Å²) >= 11 is 5.63. The number of benzene rings is 3. The molecule has 22 N–H and O–H groups in total. The smallest absolute Gasteiger partial charge is 0.335 e. The number of primary amides is 1. The molecule has 37 nitrogen and oxygen atoms in total. The Morgan fingerprint density at radius 1 is 0.573 bits per heavy atom. The van der Waals surface area contributed by atoms with Crippen molar-refractivity contribution in [1.29, 1.82) is 5.41 Å². The largest absolute Gasteiger partial charge is 0.481 e. The van der Waals surface area contributed by atoms with Crippen LogP contribution in [0.1, 0.15) is 80.7 Å². The monoisotopic (exact) mass is 1630 g/mol. The lowest BCUT2D eigenvalue weighted by atomic mass is 10.0. The number of nitrogens with two attached hydrogens (primary N) is 2. The Morgan fingerprint density at radius 3 is 1.67 bits per heavy atom. The van der Waals surface area contributed by atoms with Gasteiger partial charge in [-0.3, -0.25) is 71.8 Å². The number of guanidine groups is 1. The van der Waals surface area contributed by atoms with Crippen molar-refractivity contribution >= 4 is 117 Å². The van der Waals surface area contributed by atoms with Crippen LogP contribution in [0.15, 0.2) is 97.6 Å². The number of rotatable bonds is 40. The van der Waals surface area contributed by atoms with E-state index in [-0.39, 0.29) is 74.4 Å². The second-order valence-corrected chi connectivity index (χ2v) is 37.6. The van der Waals surface area contributed by atoms with Crippen molar-refractivity contribution in [3.63, 3.8) is 0 Å². The fraction of sp³-hybridized carbons (Fsp3) is 0.515. The van der Waals surface area contributed by atoms with Crippen molar-refractivity contribution in [3.05, 3.63) is 120 Å². The Balaban J connectivity index is 0.986. The van der Waals surface area contributed by atoms with Gasteiger partial charge in [0.15, 0.2) is 11.1 Å². The number of carboxylic acids is 1. The number of hydrogen-bond acceptors (Lipinski definition) is 19. The lowest BCUT2D eigenvalue weighted by molar-refractivity contribution is -0.141. The van der Waals surface area contributed by atoms with Gasteiger partial charge in [0.1, 0.15) is 48.1 Å². The summed E-state index contributed by atoms with van der Waals surface area (Å²) < 4.78 is 52.0. The predicted molar refractivity (Wildman–Crippen MR) is 417 cm³/mol. The SMILES string of the molecule is CCCC[C@H](NC(=S)Nc1ccc(CP(=O)(O)CP(=O)(O)CN2CCCN3CCN(CCCN(CP(=O)(O)CP(=O)(O)O)CC3)CC2)cc1)C(=O)N[C@@H](CC(=O)O)C(=O)N[C@@H](Cc1c[nH]cn1)C(=O)N[C@H](Cc1ccccc1)C(=O)N[C@@H](CCCNC(=N)N)C(=O)N[C@@H](Cc1c[nH]c2ccccc12)C(=O)NCC(N)=O. The Labute approximate surface area is 642 Å². The summed E-state index contributed by atoms with van der Waals surface area (Å²) in [6, 6.07) is 12.9. The molecule has 3 aromatic carbocycles. The van der Waals surface area contributed by atoms with Crippen LogP contribution < -0.4 is 59.3 Å². The molecule has 4 heterocycles. The minimum Gasteiger partial charge on any atom is -0.481 e. The number of amides is 7. The summed E-state index contributed by atoms with van der Waals surface area (Å²) in [5.41, 5.74) is 13.7. The number of aromatic nitrogens is 3. The van der Waals surface area contributed by atoms with Crippen molar-refractivity contribution in [2.75, 3.05) is 108 Å². The maximum Gasteiger partial charge on any atom is 0.335 e. The van der Waals surface area contributed by atoms with E-state index in [4.69, 9.17) is 29.1 Å². The number of nitrogens with one attached hydrogen (secondary N) is 12. The summed E-state index contributed by atoms with van der Waals surface area (Å²) in [7, 11) is -17.4. The van der Waals surface area contributed by atoms with Crippen molar-refractivity contribution in [2.24, 2.45) is 11.5 Å². The van der Waals surface area contributed by atoms with Crippen LogP contribution in [0.2, 0.25) is 0 Å². The highest BCUT2D eigenvalue weighted by molar-refractivity contribution is 7.80. The standard InChI is InChI=1S/C68H103N19O18P4S/c1-2-3-15-54(83-68(110)77-49-20-18-47(19-21-49)40-106(97,98)44-107(99,100)42-86-25-10-23-85-28-27-84(29-31-86)24-11-26-87(32-30-85)43-108(101,102)45-109(103,104)105)63(93)82-58(36-60(89)90)66(96)81-57(35-50-38-72-41-76-50)65(95)79-55(33-46-12-5-4-6-13-46)64(94)78-53(17-9-22-73-67(70)71)62(92)80-56(61(91)75-39-59(69)88)34-48-37-74-52-16-8-7-14-51(48)52/h4-8,12-14,16,18-21,37-38,41,53-58,74H,2-3,9-11,15,17,22-36,39-40,42-45H2,1H3,(H2,69,88)(H,72,76)(H,75,91)(H,78,94)(H,79,95)(H,80,92)(H,81,96)(H,82,93)(H,89,90)(H,97,98)(H,99,100)(H,101,102)(H4,70,71,73)(H2,77,83,110)(H2,103,104,105)/t53-,54-,55+,56-,57-,58-/m0/s1. The van der Waals surface area contributed by atoms with Gasteiger partial charge in [-0.15, -0.1) is 0 Å². The highest BCUT2D eigenvalue weighted by Crippen LogP contribution is 2.59. The van der Waals surface area contributed by atoms with Gasteiger partial charge in [0.25, 0.3) is 0 Å². The molecule has 2 aliphatic heterocycles. The first-order valence-electron chi connectivity index (χ1n) is 36.1. The Bertz CT molecular complexity index is 4140. The van der Waals surface area contributed by atoms with E-state index in [0.29, 0.717) is 114 Å². The van der Waals surface area contributed by atoms with Gasteiger partial charge in [-0.05, 0) is 105 Å². The van der Waals surface area contributed by atoms with Gasteiger partial charge in [0.05, 0.1) is 43.7 Å². The number of imidazole rings is 1. The molecule has 7 rings (SSSR count). The molecule has 7 amide bonds. The van der Waals surface area contributed by atoms with Crippen molar-refractivity contribution in [3.8, 4) is 0 Å². The molecule has 5 unspecified atom stereocenters. The van der Waals surface area contributed by atoms with Crippen LogP contribution in [0, 0.1) is 5.41 Å². The summed E-state index contributed by atoms with van der Waals surface area (Å²) in [6.07, 6.45) is 4.06. The van der Waals surface area contributed by atoms with E-state index in [0.717, 1.165) is 10.9 Å². The van der Waals surface area contributed by atoms with E-state index in [9.17, 15) is 86.2 Å². The summed E-state index contributed by atoms with van der Waals surface area (Å²) in [4.78, 5) is 181. The number of thiocarbonyl (C=S) groups is 1. The van der Waals surface area contributed by atoms with Gasteiger partial charge in [-0.25, -0.2) is 4.98 Å². The van der Waals surface area contributed by atoms with E-state index in [1.165, 1.54) is 36.8 Å². The molecule has 5 aromatic rings. The number of fused-ring (bicyclic) bond motifs is 4. The molecule has 0 aliphatic carbocycles. The fourth-order valence-electron chi connectivity index (χ4n) is 12.9. The molecule has 11 atom stereocenters. The van der Waals surface area contributed by atoms with Crippen LogP contribution >= 0.6 is 41.9 Å². The zero-order valence-corrected chi connectivity index (χ0v) is 65.6. The second kappa shape index (κ2) is 42.9. The van der Waals surface area contributed by atoms with Crippen LogP contribution in [0.25, 0.3) is 10.9 Å². The molecule has 110 heavy (non-hydrogen) atoms. The van der Waals surface area contributed by atoms with Crippen molar-refractivity contribution < 1.29 is 86.2 Å². The van der Waals surface area contributed by atoms with E-state index < -0.39 is 144 Å². The van der Waals surface area contributed by atoms with Crippen molar-refractivity contribution in [1.82, 2.24) is 77.1 Å². The molecule has 0 saturated carbocycles. The minimum absolute atomic E-state index is 0.0737. The van der Waals surface area contributed by atoms with Gasteiger partial charge in [0.2, 0.25) is 63.5 Å². The van der Waals surface area contributed by atoms with Crippen LogP contribution in [-0.4, -0.2) is 262 Å². The molecule has 0 radical (unpaired) electrons. The summed E-state index contributed by atoms with van der Waals surface area (Å²) in [6.45, 7) is 6.59. The first kappa shape index (κ1) is 88.9. The van der Waals surface area contributed by atoms with Crippen molar-refractivity contribution in [2.45, 2.75) is 120 Å². The van der Waals surface area contributed by atoms with Gasteiger partial charge in [0, 0.05) is 94.1 Å². The van der Waals surface area contributed by atoms with Crippen LogP contribution in [0.5, 0.6) is 0 Å². The third-order valence-electron chi connectivity index (χ3n) is 18.2. The summed E-state index contributed by atoms with van der Waals surface area (Å²) in [5, 5.41) is 42.6. The number of carbonyl (C=O) groups is 8. The number of H-pyrrole nitrogens is 2. The molecule has 0 spiro atoms. The highest BCUT2D eigenvalue weighted by Gasteiger charge is 2.38. The molecule has 2 bridgehead atoms. The fourth-order valence-corrected chi connectivity index (χ4v) is 21.9. The topological polar surface area (TPSA) is 568 Å². The Morgan fingerprint density at radius 2 is 1.10 bits per heavy atom. The molecular formula is C68H103N19O18P4S. The number of carbonyl (C=O) groups excluding carboxylic acids is 7. The maximum atomic E-state index is 14.8. The van der Waals surface area contributed by atoms with E-state index >= 15 is 0 Å². The second-order valence-electron chi connectivity index (χ2n) is 27.6. The van der Waals surface area contributed by atoms with Gasteiger partial charge in [-0.1, -0.05) is 80.4 Å². The third kappa shape index (κ3) is 31.8. The first-order valence-corrected chi connectivity index (χ1v) is 44.4. The quantitative estimate of drug-likeness (QED) is 0.00838. The van der Waals surface area contributed by atoms with E-state index in [1.807, 2.05) is 30.0 Å². The van der Waals surface area contributed by atoms with Crippen LogP contribution in [0.3, 0.4) is 0 Å². The number of hydrogen-bond donors (Lipinski definition) is 20. The molecule has 2 aromatic heterocycles. The molecule has 2 aliphatic rings. The third-order valence-corrected chi connectivity index (χ3v) is 27.7. The molecule has 42 heteroatoms. The minimum atomic E-state index is -4.71. The normalized spacial score (nSPS) is 18.6. The van der Waals surface area contributed by atoms with Crippen LogP contribution in [0.4, 0.5) is 5.69 Å². The van der Waals surface area contributed by atoms with Gasteiger partial charge >= 0.3 is 13.6 Å². The number of anilines is 1. The molecule has 2 saturated heterocycles. The van der Waals surface area contributed by atoms with E-state index in [2.05, 4.69) is 72.6 Å². The average molecular weight is 1630 g/mol. The summed E-state index contributed by atoms with van der Waals surface area (Å²) in [5.74, 6) is -10.1. The predicted octanol–water partition coefficient (Wildman–Crippen LogP) is 0.562. The number of carboxylic acid groups (broad SMARTS) is 1. The average Bonchev–Trinajstić information content (AvgIpc) is 1.67. The number of aliphatic carboxylic acids is 1. The van der Waals surface area contributed by atoms with E-state index in [1.54, 1.807) is 47.5 Å². The number of nitrogens with zero attached hydrogens (tertiary/aromatic N) is 5.